The summed E-state index contributed by atoms with van der Waals surface area (Å²) in [5.74, 6) is -0.774. The number of anilines is 1. The minimum absolute atomic E-state index is 0.0244. The number of fused-ring (bicyclic) bond motifs is 1. The van der Waals surface area contributed by atoms with Crippen molar-refractivity contribution in [1.29, 1.82) is 0 Å². The van der Waals surface area contributed by atoms with E-state index in [0.717, 1.165) is 21.9 Å². The Balaban J connectivity index is 1.29. The molecule has 1 aliphatic rings. The fourth-order valence-electron chi connectivity index (χ4n) is 3.50. The van der Waals surface area contributed by atoms with E-state index in [9.17, 15) is 18.0 Å². The Bertz CT molecular complexity index is 1210. The zero-order chi connectivity index (χ0) is 21.8. The molecule has 7 nitrogen and oxygen atoms in total. The third-order valence-corrected chi connectivity index (χ3v) is 6.91. The van der Waals surface area contributed by atoms with Crippen molar-refractivity contribution in [1.82, 2.24) is 9.29 Å². The molecule has 0 spiro atoms. The van der Waals surface area contributed by atoms with Crippen molar-refractivity contribution in [3.05, 3.63) is 89.7 Å². The van der Waals surface area contributed by atoms with Gasteiger partial charge in [-0.25, -0.2) is 12.7 Å². The average Bonchev–Trinajstić information content (AvgIpc) is 2.97. The van der Waals surface area contributed by atoms with Gasteiger partial charge in [-0.2, -0.15) is 0 Å². The highest BCUT2D eigenvalue weighted by molar-refractivity contribution is 7.90. The van der Waals surface area contributed by atoms with Crippen molar-refractivity contribution >= 4 is 27.5 Å². The van der Waals surface area contributed by atoms with Gasteiger partial charge in [0.15, 0.2) is 0 Å². The summed E-state index contributed by atoms with van der Waals surface area (Å²) in [5.41, 5.74) is 3.11. The van der Waals surface area contributed by atoms with Crippen LogP contribution in [0.3, 0.4) is 0 Å². The maximum Gasteiger partial charge on any atom is 0.269 e. The number of sulfonamides is 1. The third-order valence-electron chi connectivity index (χ3n) is 5.07. The molecule has 158 valence electrons. The molecule has 1 aliphatic heterocycles. The maximum atomic E-state index is 12.5. The van der Waals surface area contributed by atoms with Crippen LogP contribution in [0.5, 0.6) is 0 Å². The van der Waals surface area contributed by atoms with Gasteiger partial charge in [0, 0.05) is 31.0 Å². The maximum absolute atomic E-state index is 12.5. The highest BCUT2D eigenvalue weighted by atomic mass is 32.2. The molecular weight excluding hydrogens is 414 g/mol. The van der Waals surface area contributed by atoms with Gasteiger partial charge in [-0.15, -0.1) is 0 Å². The summed E-state index contributed by atoms with van der Waals surface area (Å²) in [7, 11) is -3.83. The normalized spacial score (nSPS) is 14.3. The average molecular weight is 436 g/mol. The quantitative estimate of drug-likeness (QED) is 0.615. The molecule has 0 radical (unpaired) electrons. The summed E-state index contributed by atoms with van der Waals surface area (Å²) in [6.45, 7) is -0.0336. The predicted octanol–water partition coefficient (Wildman–Crippen LogP) is 3.24. The zero-order valence-corrected chi connectivity index (χ0v) is 17.5. The molecule has 0 saturated carbocycles. The van der Waals surface area contributed by atoms with Gasteiger partial charge < -0.3 is 5.32 Å². The monoisotopic (exact) mass is 435 g/mol. The molecule has 2 heterocycles. The first-order valence-corrected chi connectivity index (χ1v) is 11.3. The van der Waals surface area contributed by atoms with E-state index >= 15 is 0 Å². The van der Waals surface area contributed by atoms with Crippen LogP contribution < -0.4 is 5.32 Å². The van der Waals surface area contributed by atoms with Crippen LogP contribution in [0.1, 0.15) is 34.3 Å². The molecular formula is C23H21N3O4S. The molecule has 0 fully saturated rings. The number of nitrogens with one attached hydrogen (secondary N) is 1. The number of rotatable bonds is 7. The molecule has 4 rings (SSSR count). The lowest BCUT2D eigenvalue weighted by atomic mass is 10.1. The SMILES string of the molecule is O=C(CCCN1C(=O)c2ccccc2S1(=O)=O)Nc1ccc(Cc2ccncc2)cc1. The van der Waals surface area contributed by atoms with E-state index in [0.29, 0.717) is 5.69 Å². The largest absolute Gasteiger partial charge is 0.326 e. The highest BCUT2D eigenvalue weighted by Gasteiger charge is 2.40. The topological polar surface area (TPSA) is 96.4 Å². The highest BCUT2D eigenvalue weighted by Crippen LogP contribution is 2.30. The second kappa shape index (κ2) is 8.69. The molecule has 0 unspecified atom stereocenters. The van der Waals surface area contributed by atoms with Crippen LogP contribution in [-0.4, -0.2) is 36.1 Å². The Kier molecular flexibility index (Phi) is 5.81. The van der Waals surface area contributed by atoms with E-state index in [1.54, 1.807) is 24.5 Å². The van der Waals surface area contributed by atoms with Crippen molar-refractivity contribution < 1.29 is 18.0 Å². The van der Waals surface area contributed by atoms with Gasteiger partial charge in [-0.1, -0.05) is 24.3 Å². The van der Waals surface area contributed by atoms with Crippen molar-refractivity contribution in [2.45, 2.75) is 24.2 Å². The van der Waals surface area contributed by atoms with Crippen LogP contribution in [0.4, 0.5) is 5.69 Å². The van der Waals surface area contributed by atoms with Crippen LogP contribution in [-0.2, 0) is 21.2 Å². The molecule has 1 aromatic heterocycles. The third kappa shape index (κ3) is 4.49. The fraction of sp³-hybridized carbons (Fsp3) is 0.174. The summed E-state index contributed by atoms with van der Waals surface area (Å²) in [6, 6.07) is 17.6. The Labute approximate surface area is 180 Å². The first kappa shape index (κ1) is 20.7. The lowest BCUT2D eigenvalue weighted by molar-refractivity contribution is -0.116. The predicted molar refractivity (Wildman–Crippen MR) is 116 cm³/mol. The minimum atomic E-state index is -3.83. The van der Waals surface area contributed by atoms with Gasteiger partial charge in [0.25, 0.3) is 15.9 Å². The number of hydrogen-bond donors (Lipinski definition) is 1. The van der Waals surface area contributed by atoms with Gasteiger partial charge in [-0.3, -0.25) is 14.6 Å². The van der Waals surface area contributed by atoms with Gasteiger partial charge in [0.1, 0.15) is 4.90 Å². The molecule has 1 N–H and O–H groups in total. The molecule has 31 heavy (non-hydrogen) atoms. The number of amides is 2. The Hall–Kier alpha value is -3.52. The molecule has 2 amide bonds. The summed E-state index contributed by atoms with van der Waals surface area (Å²) in [4.78, 5) is 28.7. The summed E-state index contributed by atoms with van der Waals surface area (Å²) < 4.78 is 25.9. The second-order valence-corrected chi connectivity index (χ2v) is 9.09. The Morgan fingerprint density at radius 3 is 2.32 bits per heavy atom. The lowest BCUT2D eigenvalue weighted by Crippen LogP contribution is -2.31. The second-order valence-electron chi connectivity index (χ2n) is 7.26. The van der Waals surface area contributed by atoms with E-state index in [1.807, 2.05) is 36.4 Å². The van der Waals surface area contributed by atoms with Gasteiger partial charge in [-0.05, 0) is 60.4 Å². The van der Waals surface area contributed by atoms with E-state index in [1.165, 1.54) is 12.1 Å². The minimum Gasteiger partial charge on any atom is -0.326 e. The van der Waals surface area contributed by atoms with Gasteiger partial charge in [0.05, 0.1) is 5.56 Å². The fourth-order valence-corrected chi connectivity index (χ4v) is 5.11. The molecule has 2 aromatic carbocycles. The summed E-state index contributed by atoms with van der Waals surface area (Å²) >= 11 is 0. The van der Waals surface area contributed by atoms with E-state index in [4.69, 9.17) is 0 Å². The number of aromatic nitrogens is 1. The summed E-state index contributed by atoms with van der Waals surface area (Å²) in [6.07, 6.45) is 4.63. The number of carbonyl (C=O) groups is 2. The number of hydrogen-bond acceptors (Lipinski definition) is 5. The number of benzene rings is 2. The van der Waals surface area contributed by atoms with E-state index in [2.05, 4.69) is 10.3 Å². The smallest absolute Gasteiger partial charge is 0.269 e. The molecule has 0 bridgehead atoms. The first-order chi connectivity index (χ1) is 14.9. The Morgan fingerprint density at radius 2 is 1.61 bits per heavy atom. The lowest BCUT2D eigenvalue weighted by Gasteiger charge is -2.14. The molecule has 0 aliphatic carbocycles. The van der Waals surface area contributed by atoms with Crippen LogP contribution in [0, 0.1) is 0 Å². The number of pyridine rings is 1. The van der Waals surface area contributed by atoms with Crippen LogP contribution >= 0.6 is 0 Å². The van der Waals surface area contributed by atoms with Crippen LogP contribution in [0.25, 0.3) is 0 Å². The summed E-state index contributed by atoms with van der Waals surface area (Å²) in [5, 5.41) is 2.81. The molecule has 8 heteroatoms. The van der Waals surface area contributed by atoms with Crippen molar-refractivity contribution in [2.24, 2.45) is 0 Å². The molecule has 3 aromatic rings. The van der Waals surface area contributed by atoms with Crippen molar-refractivity contribution in [3.8, 4) is 0 Å². The first-order valence-electron chi connectivity index (χ1n) is 9.89. The van der Waals surface area contributed by atoms with Crippen LogP contribution in [0.15, 0.2) is 78.0 Å². The molecule has 0 atom stereocenters. The van der Waals surface area contributed by atoms with Crippen LogP contribution in [0.2, 0.25) is 0 Å². The van der Waals surface area contributed by atoms with Crippen molar-refractivity contribution in [3.63, 3.8) is 0 Å². The molecule has 0 saturated heterocycles. The van der Waals surface area contributed by atoms with Gasteiger partial charge >= 0.3 is 0 Å². The van der Waals surface area contributed by atoms with E-state index < -0.39 is 15.9 Å². The number of nitrogens with zero attached hydrogens (tertiary/aromatic N) is 2. The van der Waals surface area contributed by atoms with Crippen molar-refractivity contribution in [2.75, 3.05) is 11.9 Å². The number of carbonyl (C=O) groups excluding carboxylic acids is 2. The van der Waals surface area contributed by atoms with Gasteiger partial charge in [0.2, 0.25) is 5.91 Å². The Morgan fingerprint density at radius 1 is 0.935 bits per heavy atom. The standard InChI is InChI=1S/C23H21N3O4S/c27-22(25-19-9-7-17(8-10-19)16-18-11-13-24-14-12-18)6-3-15-26-23(28)20-4-1-2-5-21(20)31(26,29)30/h1-2,4-5,7-14H,3,6,15-16H2,(H,25,27). The van der Waals surface area contributed by atoms with E-state index in [-0.39, 0.29) is 35.8 Å². The zero-order valence-electron chi connectivity index (χ0n) is 16.7.